The molecule has 0 amide bonds. The van der Waals surface area contributed by atoms with Crippen molar-refractivity contribution >= 4 is 0 Å². The van der Waals surface area contributed by atoms with E-state index in [2.05, 4.69) is 27.7 Å². The van der Waals surface area contributed by atoms with Gasteiger partial charge in [-0.3, -0.25) is 0 Å². The van der Waals surface area contributed by atoms with E-state index in [1.54, 1.807) is 0 Å². The minimum absolute atomic E-state index is 0.0261. The molecule has 0 aromatic carbocycles. The minimum atomic E-state index is -0.0903. The van der Waals surface area contributed by atoms with Crippen LogP contribution in [0.5, 0.6) is 0 Å². The van der Waals surface area contributed by atoms with E-state index in [4.69, 9.17) is 9.47 Å². The van der Waals surface area contributed by atoms with Gasteiger partial charge in [-0.15, -0.1) is 0 Å². The highest BCUT2D eigenvalue weighted by Gasteiger charge is 2.55. The van der Waals surface area contributed by atoms with Crippen molar-refractivity contribution in [1.82, 2.24) is 0 Å². The molecule has 2 aliphatic rings. The standard InChI is InChI=1S/C12H22O2/c1-5-11(3)12(4)8-6-7-10(2,14-12)9-13-11/h5-9H2,1-4H3/t10-,11+,12+/m0/s1. The lowest BCUT2D eigenvalue weighted by Gasteiger charge is -2.58. The zero-order valence-corrected chi connectivity index (χ0v) is 9.85. The highest BCUT2D eigenvalue weighted by atomic mass is 16.6. The zero-order valence-electron chi connectivity index (χ0n) is 9.85. The first-order chi connectivity index (χ1) is 6.43. The van der Waals surface area contributed by atoms with E-state index in [9.17, 15) is 0 Å². The van der Waals surface area contributed by atoms with Crippen LogP contribution in [-0.2, 0) is 9.47 Å². The summed E-state index contributed by atoms with van der Waals surface area (Å²) in [7, 11) is 0. The molecule has 2 saturated heterocycles. The lowest BCUT2D eigenvalue weighted by molar-refractivity contribution is -0.328. The van der Waals surface area contributed by atoms with Gasteiger partial charge >= 0.3 is 0 Å². The predicted octanol–water partition coefficient (Wildman–Crippen LogP) is 2.90. The molecule has 3 atom stereocenters. The second-order valence-corrected chi connectivity index (χ2v) is 5.51. The normalized spacial score (nSPS) is 53.1. The average Bonchev–Trinajstić information content (AvgIpc) is 2.12. The van der Waals surface area contributed by atoms with Crippen LogP contribution < -0.4 is 0 Å². The first kappa shape index (κ1) is 10.4. The molecule has 0 spiro atoms. The molecule has 2 nitrogen and oxygen atoms in total. The number of rotatable bonds is 1. The minimum Gasteiger partial charge on any atom is -0.369 e. The maximum Gasteiger partial charge on any atom is 0.0948 e. The lowest BCUT2D eigenvalue weighted by Crippen LogP contribution is -2.65. The van der Waals surface area contributed by atoms with Crippen LogP contribution >= 0.6 is 0 Å². The van der Waals surface area contributed by atoms with Crippen molar-refractivity contribution in [3.8, 4) is 0 Å². The molecule has 0 unspecified atom stereocenters. The summed E-state index contributed by atoms with van der Waals surface area (Å²) in [5, 5.41) is 0. The Hall–Kier alpha value is -0.0800. The van der Waals surface area contributed by atoms with Gasteiger partial charge in [-0.25, -0.2) is 0 Å². The number of hydrogen-bond acceptors (Lipinski definition) is 2. The van der Waals surface area contributed by atoms with Gasteiger partial charge in [-0.1, -0.05) is 6.92 Å². The summed E-state index contributed by atoms with van der Waals surface area (Å²) in [5.74, 6) is 0. The summed E-state index contributed by atoms with van der Waals surface area (Å²) in [5.41, 5.74) is -0.193. The fraction of sp³-hybridized carbons (Fsp3) is 1.00. The van der Waals surface area contributed by atoms with Gasteiger partial charge in [-0.05, 0) is 46.5 Å². The third-order valence-corrected chi connectivity index (χ3v) is 4.32. The van der Waals surface area contributed by atoms with E-state index in [0.29, 0.717) is 0 Å². The van der Waals surface area contributed by atoms with E-state index >= 15 is 0 Å². The molecule has 2 aliphatic heterocycles. The van der Waals surface area contributed by atoms with Crippen LogP contribution in [0.1, 0.15) is 53.4 Å². The Morgan fingerprint density at radius 2 is 1.86 bits per heavy atom. The van der Waals surface area contributed by atoms with Crippen LogP contribution in [-0.4, -0.2) is 23.4 Å². The van der Waals surface area contributed by atoms with Crippen molar-refractivity contribution in [2.45, 2.75) is 70.2 Å². The molecule has 0 N–H and O–H groups in total. The van der Waals surface area contributed by atoms with Gasteiger partial charge in [0.15, 0.2) is 0 Å². The number of fused-ring (bicyclic) bond motifs is 2. The second-order valence-electron chi connectivity index (χ2n) is 5.51. The molecule has 14 heavy (non-hydrogen) atoms. The number of hydrogen-bond donors (Lipinski definition) is 0. The Morgan fingerprint density at radius 1 is 1.14 bits per heavy atom. The maximum absolute atomic E-state index is 6.28. The van der Waals surface area contributed by atoms with E-state index in [-0.39, 0.29) is 16.8 Å². The van der Waals surface area contributed by atoms with Crippen LogP contribution in [0.2, 0.25) is 0 Å². The van der Waals surface area contributed by atoms with Gasteiger partial charge in [0.05, 0.1) is 23.4 Å². The monoisotopic (exact) mass is 198 g/mol. The molecule has 2 heteroatoms. The summed E-state index contributed by atoms with van der Waals surface area (Å²) < 4.78 is 12.3. The summed E-state index contributed by atoms with van der Waals surface area (Å²) in [4.78, 5) is 0. The van der Waals surface area contributed by atoms with Crippen molar-refractivity contribution in [2.24, 2.45) is 0 Å². The van der Waals surface area contributed by atoms with E-state index in [1.807, 2.05) is 0 Å². The average molecular weight is 198 g/mol. The predicted molar refractivity (Wildman–Crippen MR) is 56.4 cm³/mol. The highest BCUT2D eigenvalue weighted by molar-refractivity contribution is 5.04. The Morgan fingerprint density at radius 3 is 2.50 bits per heavy atom. The molecule has 0 aromatic rings. The van der Waals surface area contributed by atoms with Crippen LogP contribution in [0.3, 0.4) is 0 Å². The number of ether oxygens (including phenoxy) is 2. The van der Waals surface area contributed by atoms with Crippen molar-refractivity contribution in [2.75, 3.05) is 6.61 Å². The fourth-order valence-corrected chi connectivity index (χ4v) is 2.86. The Balaban J connectivity index is 2.28. The molecule has 0 aromatic heterocycles. The van der Waals surface area contributed by atoms with Gasteiger partial charge in [0.2, 0.25) is 0 Å². The summed E-state index contributed by atoms with van der Waals surface area (Å²) in [6, 6.07) is 0. The van der Waals surface area contributed by atoms with Crippen LogP contribution in [0.4, 0.5) is 0 Å². The second kappa shape index (κ2) is 2.96. The molecule has 2 bridgehead atoms. The van der Waals surface area contributed by atoms with Crippen molar-refractivity contribution < 1.29 is 9.47 Å². The molecule has 2 rings (SSSR count). The van der Waals surface area contributed by atoms with Crippen LogP contribution in [0, 0.1) is 0 Å². The first-order valence-corrected chi connectivity index (χ1v) is 5.77. The largest absolute Gasteiger partial charge is 0.369 e. The Labute approximate surface area is 87.0 Å². The van der Waals surface area contributed by atoms with Crippen molar-refractivity contribution in [3.05, 3.63) is 0 Å². The summed E-state index contributed by atoms with van der Waals surface area (Å²) in [6.07, 6.45) is 4.57. The molecular weight excluding hydrogens is 176 g/mol. The van der Waals surface area contributed by atoms with Crippen LogP contribution in [0.15, 0.2) is 0 Å². The SMILES string of the molecule is CC[C@@]1(C)OC[C@]2(C)CCC[C@@]1(C)O2. The molecule has 82 valence electrons. The van der Waals surface area contributed by atoms with E-state index in [0.717, 1.165) is 25.9 Å². The zero-order chi connectivity index (χ0) is 10.4. The third-order valence-electron chi connectivity index (χ3n) is 4.32. The van der Waals surface area contributed by atoms with E-state index in [1.165, 1.54) is 6.42 Å². The Kier molecular flexibility index (Phi) is 2.20. The van der Waals surface area contributed by atoms with Gasteiger partial charge < -0.3 is 9.47 Å². The van der Waals surface area contributed by atoms with Gasteiger partial charge in [0.1, 0.15) is 0 Å². The smallest absolute Gasteiger partial charge is 0.0948 e. The highest BCUT2D eigenvalue weighted by Crippen LogP contribution is 2.48. The first-order valence-electron chi connectivity index (χ1n) is 5.77. The molecule has 2 heterocycles. The van der Waals surface area contributed by atoms with E-state index < -0.39 is 0 Å². The maximum atomic E-state index is 6.28. The van der Waals surface area contributed by atoms with Gasteiger partial charge in [0, 0.05) is 0 Å². The molecule has 0 aliphatic carbocycles. The quantitative estimate of drug-likeness (QED) is 0.645. The van der Waals surface area contributed by atoms with Gasteiger partial charge in [0.25, 0.3) is 0 Å². The van der Waals surface area contributed by atoms with Gasteiger partial charge in [-0.2, -0.15) is 0 Å². The molecular formula is C12H22O2. The van der Waals surface area contributed by atoms with Crippen molar-refractivity contribution in [3.63, 3.8) is 0 Å². The van der Waals surface area contributed by atoms with Crippen LogP contribution in [0.25, 0.3) is 0 Å². The summed E-state index contributed by atoms with van der Waals surface area (Å²) in [6.45, 7) is 9.53. The third kappa shape index (κ3) is 1.31. The fourth-order valence-electron chi connectivity index (χ4n) is 2.86. The summed E-state index contributed by atoms with van der Waals surface area (Å²) >= 11 is 0. The van der Waals surface area contributed by atoms with Crippen molar-refractivity contribution in [1.29, 1.82) is 0 Å². The Bertz CT molecular complexity index is 240. The molecule has 2 fully saturated rings. The molecule has 0 saturated carbocycles. The topological polar surface area (TPSA) is 18.5 Å². The lowest BCUT2D eigenvalue weighted by atomic mass is 9.73. The molecule has 0 radical (unpaired) electrons.